The maximum atomic E-state index is 12.8. The first-order chi connectivity index (χ1) is 18.3. The van der Waals surface area contributed by atoms with Gasteiger partial charge in [-0.1, -0.05) is 50.2 Å². The number of amides is 1. The van der Waals surface area contributed by atoms with Crippen LogP contribution >= 0.6 is 0 Å². The van der Waals surface area contributed by atoms with Gasteiger partial charge >= 0.3 is 0 Å². The summed E-state index contributed by atoms with van der Waals surface area (Å²) in [6.45, 7) is 6.76. The van der Waals surface area contributed by atoms with Crippen LogP contribution in [0.5, 0.6) is 5.75 Å². The average molecular weight is 512 g/mol. The quantitative estimate of drug-likeness (QED) is 0.397. The molecule has 1 amide bonds. The van der Waals surface area contributed by atoms with E-state index >= 15 is 0 Å². The van der Waals surface area contributed by atoms with Crippen LogP contribution in [-0.4, -0.2) is 72.4 Å². The van der Waals surface area contributed by atoms with E-state index in [1.165, 1.54) is 5.56 Å². The number of ether oxygens (including phenoxy) is 1. The van der Waals surface area contributed by atoms with Crippen molar-refractivity contribution in [2.75, 3.05) is 40.3 Å². The molecular formula is C31H37N5O2. The van der Waals surface area contributed by atoms with Gasteiger partial charge in [-0.05, 0) is 66.5 Å². The Kier molecular flexibility index (Phi) is 9.02. The number of likely N-dealkylation sites (N-methyl/N-ethyl adjacent to an activating group) is 1. The minimum Gasteiger partial charge on any atom is -0.489 e. The van der Waals surface area contributed by atoms with Gasteiger partial charge in [-0.25, -0.2) is 0 Å². The lowest BCUT2D eigenvalue weighted by Gasteiger charge is -2.31. The molecule has 7 heteroatoms. The van der Waals surface area contributed by atoms with Crippen LogP contribution < -0.4 is 4.74 Å². The van der Waals surface area contributed by atoms with Crippen molar-refractivity contribution in [3.8, 4) is 5.75 Å². The second kappa shape index (κ2) is 12.6. The Morgan fingerprint density at radius 3 is 2.29 bits per heavy atom. The summed E-state index contributed by atoms with van der Waals surface area (Å²) in [6.07, 6.45) is 3.39. The number of pyridine rings is 1. The summed E-state index contributed by atoms with van der Waals surface area (Å²) < 4.78 is 6.05. The van der Waals surface area contributed by atoms with Crippen LogP contribution in [0.2, 0.25) is 0 Å². The minimum atomic E-state index is -0.370. The topological polar surface area (TPSA) is 81.9 Å². The molecule has 198 valence electrons. The molecule has 0 spiro atoms. The molecule has 1 aromatic heterocycles. The molecule has 1 aliphatic rings. The van der Waals surface area contributed by atoms with Crippen LogP contribution in [0.25, 0.3) is 0 Å². The summed E-state index contributed by atoms with van der Waals surface area (Å²) in [5.41, 5.74) is 5.43. The molecule has 2 heterocycles. The molecule has 3 aromatic rings. The van der Waals surface area contributed by atoms with E-state index in [-0.39, 0.29) is 11.8 Å². The first-order valence-electron chi connectivity index (χ1n) is 13.1. The van der Waals surface area contributed by atoms with E-state index in [0.717, 1.165) is 28.2 Å². The number of hydrogen-bond donors (Lipinski definition) is 1. The molecule has 1 atom stereocenters. The largest absolute Gasteiger partial charge is 0.489 e. The van der Waals surface area contributed by atoms with Gasteiger partial charge in [-0.2, -0.15) is 0 Å². The van der Waals surface area contributed by atoms with Gasteiger partial charge < -0.3 is 19.9 Å². The standard InChI is InChI=1S/C31H37N5O2/c1-22(2)24-7-5-23(6-8-24)21-38-27-11-9-25(10-12-27)30(31(32)26-13-15-33-16-14-26)28-19-36(18-17-34-28)29(37)20-35(3)4/h5-16,22,30,32H,17-21H2,1-4H3. The van der Waals surface area contributed by atoms with E-state index < -0.39 is 0 Å². The maximum absolute atomic E-state index is 12.8. The van der Waals surface area contributed by atoms with Crippen LogP contribution in [0.1, 0.15) is 47.9 Å². The van der Waals surface area contributed by atoms with Gasteiger partial charge in [0.05, 0.1) is 31.3 Å². The fourth-order valence-corrected chi connectivity index (χ4v) is 4.55. The second-order valence-electron chi connectivity index (χ2n) is 10.3. The molecule has 2 aromatic carbocycles. The van der Waals surface area contributed by atoms with E-state index in [9.17, 15) is 4.79 Å². The van der Waals surface area contributed by atoms with Crippen molar-refractivity contribution in [1.82, 2.24) is 14.8 Å². The normalized spacial score (nSPS) is 14.4. The zero-order chi connectivity index (χ0) is 27.1. The van der Waals surface area contributed by atoms with Crippen molar-refractivity contribution < 1.29 is 9.53 Å². The highest BCUT2D eigenvalue weighted by Gasteiger charge is 2.29. The van der Waals surface area contributed by atoms with E-state index in [4.69, 9.17) is 15.1 Å². The number of carbonyl (C=O) groups excluding carboxylic acids is 1. The fraction of sp³-hybridized carbons (Fsp3) is 0.355. The van der Waals surface area contributed by atoms with Gasteiger partial charge in [0.1, 0.15) is 12.4 Å². The van der Waals surface area contributed by atoms with Crippen LogP contribution in [0.15, 0.2) is 78.0 Å². The molecular weight excluding hydrogens is 474 g/mol. The predicted molar refractivity (Wildman–Crippen MR) is 153 cm³/mol. The molecule has 0 bridgehead atoms. The van der Waals surface area contributed by atoms with Gasteiger partial charge in [0.15, 0.2) is 0 Å². The smallest absolute Gasteiger partial charge is 0.237 e. The van der Waals surface area contributed by atoms with Crippen molar-refractivity contribution in [3.63, 3.8) is 0 Å². The third-order valence-electron chi connectivity index (χ3n) is 6.72. The molecule has 4 rings (SSSR count). The van der Waals surface area contributed by atoms with E-state index in [0.29, 0.717) is 44.4 Å². The van der Waals surface area contributed by atoms with Gasteiger partial charge in [0, 0.05) is 24.7 Å². The molecule has 1 aliphatic heterocycles. The molecule has 0 fully saturated rings. The third-order valence-corrected chi connectivity index (χ3v) is 6.72. The Bertz CT molecular complexity index is 1250. The summed E-state index contributed by atoms with van der Waals surface area (Å²) in [4.78, 5) is 25.4. The van der Waals surface area contributed by atoms with Crippen LogP contribution in [-0.2, 0) is 11.4 Å². The summed E-state index contributed by atoms with van der Waals surface area (Å²) in [5, 5.41) is 9.09. The number of benzene rings is 2. The highest BCUT2D eigenvalue weighted by molar-refractivity contribution is 6.18. The molecule has 0 radical (unpaired) electrons. The predicted octanol–water partition coefficient (Wildman–Crippen LogP) is 4.78. The summed E-state index contributed by atoms with van der Waals surface area (Å²) in [6, 6.07) is 20.1. The van der Waals surface area contributed by atoms with Crippen molar-refractivity contribution in [2.45, 2.75) is 32.3 Å². The number of hydrogen-bond acceptors (Lipinski definition) is 6. The maximum Gasteiger partial charge on any atom is 0.237 e. The Morgan fingerprint density at radius 2 is 1.66 bits per heavy atom. The van der Waals surface area contributed by atoms with Gasteiger partial charge in [-0.3, -0.25) is 14.8 Å². The van der Waals surface area contributed by atoms with E-state index in [1.54, 1.807) is 12.4 Å². The summed E-state index contributed by atoms with van der Waals surface area (Å²) in [5.74, 6) is 0.972. The van der Waals surface area contributed by atoms with Gasteiger partial charge in [0.25, 0.3) is 0 Å². The zero-order valence-electron chi connectivity index (χ0n) is 22.7. The second-order valence-corrected chi connectivity index (χ2v) is 10.3. The van der Waals surface area contributed by atoms with Crippen molar-refractivity contribution >= 4 is 17.3 Å². The first kappa shape index (κ1) is 27.2. The molecule has 7 nitrogen and oxygen atoms in total. The summed E-state index contributed by atoms with van der Waals surface area (Å²) in [7, 11) is 3.78. The highest BCUT2D eigenvalue weighted by Crippen LogP contribution is 2.27. The first-order valence-corrected chi connectivity index (χ1v) is 13.1. The summed E-state index contributed by atoms with van der Waals surface area (Å²) >= 11 is 0. The number of aromatic nitrogens is 1. The van der Waals surface area contributed by atoms with Crippen molar-refractivity contribution in [1.29, 1.82) is 5.41 Å². The Labute approximate surface area is 225 Å². The van der Waals surface area contributed by atoms with Crippen LogP contribution in [0, 0.1) is 5.41 Å². The third kappa shape index (κ3) is 6.92. The zero-order valence-corrected chi connectivity index (χ0v) is 22.7. The fourth-order valence-electron chi connectivity index (χ4n) is 4.55. The monoisotopic (exact) mass is 511 g/mol. The number of aliphatic imine (C=N–C) groups is 1. The minimum absolute atomic E-state index is 0.0711. The highest BCUT2D eigenvalue weighted by atomic mass is 16.5. The Balaban J connectivity index is 1.53. The van der Waals surface area contributed by atoms with Crippen LogP contribution in [0.3, 0.4) is 0 Å². The van der Waals surface area contributed by atoms with E-state index in [2.05, 4.69) is 43.1 Å². The average Bonchev–Trinajstić information content (AvgIpc) is 2.93. The van der Waals surface area contributed by atoms with Crippen molar-refractivity contribution in [2.24, 2.45) is 4.99 Å². The van der Waals surface area contributed by atoms with Crippen molar-refractivity contribution in [3.05, 3.63) is 95.3 Å². The number of carbonyl (C=O) groups is 1. The lowest BCUT2D eigenvalue weighted by atomic mass is 9.85. The lowest BCUT2D eigenvalue weighted by Crippen LogP contribution is -2.46. The molecule has 0 saturated heterocycles. The number of rotatable bonds is 10. The lowest BCUT2D eigenvalue weighted by molar-refractivity contribution is -0.131. The molecule has 0 aliphatic carbocycles. The Morgan fingerprint density at radius 1 is 1.00 bits per heavy atom. The van der Waals surface area contributed by atoms with Gasteiger partial charge in [0.2, 0.25) is 5.91 Å². The number of nitrogens with one attached hydrogen (secondary N) is 1. The number of nitrogens with zero attached hydrogens (tertiary/aromatic N) is 4. The molecule has 38 heavy (non-hydrogen) atoms. The Hall–Kier alpha value is -3.84. The molecule has 1 N–H and O–H groups in total. The molecule has 1 unspecified atom stereocenters. The molecule has 0 saturated carbocycles. The van der Waals surface area contributed by atoms with Crippen LogP contribution in [0.4, 0.5) is 0 Å². The van der Waals surface area contributed by atoms with Gasteiger partial charge in [-0.15, -0.1) is 0 Å². The SMILES string of the molecule is CC(C)c1ccc(COc2ccc(C(C(=N)c3ccncc3)C3=NCCN(C(=O)CN(C)C)C3)cc2)cc1. The van der Waals surface area contributed by atoms with E-state index in [1.807, 2.05) is 60.3 Å².